The summed E-state index contributed by atoms with van der Waals surface area (Å²) in [6, 6.07) is 0. The third-order valence-corrected chi connectivity index (χ3v) is 1.17. The quantitative estimate of drug-likeness (QED) is 0.404. The van der Waals surface area contributed by atoms with Crippen LogP contribution in [0.5, 0.6) is 0 Å². The highest BCUT2D eigenvalue weighted by Gasteiger charge is 2.15. The van der Waals surface area contributed by atoms with Gasteiger partial charge in [-0.25, -0.2) is 9.59 Å². The Morgan fingerprint density at radius 1 is 1.29 bits per heavy atom. The van der Waals surface area contributed by atoms with Crippen LogP contribution in [0, 0.1) is 0 Å². The lowest BCUT2D eigenvalue weighted by molar-refractivity contribution is -0.149. The lowest BCUT2D eigenvalue weighted by atomic mass is 10.2. The molecule has 0 rings (SSSR count). The normalized spacial score (nSPS) is 12.2. The van der Waals surface area contributed by atoms with Crippen molar-refractivity contribution in [3.05, 3.63) is 11.6 Å². The summed E-state index contributed by atoms with van der Waals surface area (Å²) >= 11 is 0. The lowest BCUT2D eigenvalue weighted by Gasteiger charge is -2.18. The fourth-order valence-electron chi connectivity index (χ4n) is 0.660. The van der Waals surface area contributed by atoms with Gasteiger partial charge >= 0.3 is 11.9 Å². The van der Waals surface area contributed by atoms with Crippen LogP contribution < -0.4 is 5.90 Å². The lowest BCUT2D eigenvalue weighted by Crippen LogP contribution is -2.23. The summed E-state index contributed by atoms with van der Waals surface area (Å²) in [7, 11) is 0. The van der Waals surface area contributed by atoms with Gasteiger partial charge in [-0.2, -0.15) is 5.90 Å². The minimum atomic E-state index is -0.754. The smallest absolute Gasteiger partial charge is 0.352 e. The average Bonchev–Trinajstić information content (AvgIpc) is 1.99. The van der Waals surface area contributed by atoms with E-state index in [0.717, 1.165) is 6.08 Å². The summed E-state index contributed by atoms with van der Waals surface area (Å²) in [5, 5.41) is 0. The standard InChI is InChI=1S/C9H15NO4/c1-6(8(12)14-10)5-7(11)13-9(2,3)4/h5H,10H2,1-4H3. The number of nitrogens with two attached hydrogens (primary N) is 1. The Morgan fingerprint density at radius 2 is 1.79 bits per heavy atom. The van der Waals surface area contributed by atoms with Gasteiger partial charge in [0.15, 0.2) is 0 Å². The number of rotatable bonds is 2. The minimum absolute atomic E-state index is 0.0988. The predicted octanol–water partition coefficient (Wildman–Crippen LogP) is 0.691. The van der Waals surface area contributed by atoms with Gasteiger partial charge < -0.3 is 9.57 Å². The van der Waals surface area contributed by atoms with E-state index in [1.165, 1.54) is 6.92 Å². The summed E-state index contributed by atoms with van der Waals surface area (Å²) in [5.74, 6) is 3.28. The van der Waals surface area contributed by atoms with E-state index in [2.05, 4.69) is 10.7 Å². The summed E-state index contributed by atoms with van der Waals surface area (Å²) in [6.45, 7) is 6.61. The molecule has 5 heteroatoms. The van der Waals surface area contributed by atoms with Gasteiger partial charge in [-0.3, -0.25) is 0 Å². The summed E-state index contributed by atoms with van der Waals surface area (Å²) < 4.78 is 4.94. The number of carbonyl (C=O) groups is 2. The van der Waals surface area contributed by atoms with E-state index in [1.807, 2.05) is 0 Å². The maximum atomic E-state index is 11.1. The number of carbonyl (C=O) groups excluding carboxylic acids is 2. The van der Waals surface area contributed by atoms with Crippen LogP contribution in [0.25, 0.3) is 0 Å². The summed E-state index contributed by atoms with van der Waals surface area (Å²) in [6.07, 6.45) is 1.04. The molecule has 0 unspecified atom stereocenters. The van der Waals surface area contributed by atoms with Gasteiger partial charge in [-0.15, -0.1) is 0 Å². The monoisotopic (exact) mass is 201 g/mol. The van der Waals surface area contributed by atoms with Crippen molar-refractivity contribution >= 4 is 11.9 Å². The van der Waals surface area contributed by atoms with Crippen molar-refractivity contribution in [1.82, 2.24) is 0 Å². The highest BCUT2D eigenvalue weighted by molar-refractivity contribution is 5.95. The van der Waals surface area contributed by atoms with Gasteiger partial charge in [0, 0.05) is 11.6 Å². The fourth-order valence-corrected chi connectivity index (χ4v) is 0.660. The third-order valence-electron chi connectivity index (χ3n) is 1.17. The van der Waals surface area contributed by atoms with Crippen LogP contribution in [-0.2, 0) is 19.2 Å². The van der Waals surface area contributed by atoms with Gasteiger partial charge in [0.25, 0.3) is 0 Å². The van der Waals surface area contributed by atoms with Crippen molar-refractivity contribution in [3.63, 3.8) is 0 Å². The first-order chi connectivity index (χ1) is 6.26. The molecule has 0 atom stereocenters. The molecule has 0 amide bonds. The van der Waals surface area contributed by atoms with Crippen LogP contribution in [0.1, 0.15) is 27.7 Å². The predicted molar refractivity (Wildman–Crippen MR) is 49.9 cm³/mol. The van der Waals surface area contributed by atoms with Crippen LogP contribution in [0.15, 0.2) is 11.6 Å². The third kappa shape index (κ3) is 5.31. The van der Waals surface area contributed by atoms with E-state index in [9.17, 15) is 9.59 Å². The van der Waals surface area contributed by atoms with E-state index in [4.69, 9.17) is 4.74 Å². The molecule has 0 saturated carbocycles. The maximum Gasteiger partial charge on any atom is 0.352 e. The minimum Gasteiger partial charge on any atom is -0.457 e. The van der Waals surface area contributed by atoms with Crippen LogP contribution in [0.3, 0.4) is 0 Å². The van der Waals surface area contributed by atoms with Gasteiger partial charge in [0.05, 0.1) is 0 Å². The molecule has 0 bridgehead atoms. The van der Waals surface area contributed by atoms with Crippen molar-refractivity contribution in [2.45, 2.75) is 33.3 Å². The van der Waals surface area contributed by atoms with E-state index >= 15 is 0 Å². The first-order valence-electron chi connectivity index (χ1n) is 4.08. The zero-order valence-electron chi connectivity index (χ0n) is 8.79. The molecule has 0 saturated heterocycles. The molecule has 0 fully saturated rings. The molecule has 0 heterocycles. The fraction of sp³-hybridized carbons (Fsp3) is 0.556. The van der Waals surface area contributed by atoms with Crippen molar-refractivity contribution in [2.24, 2.45) is 5.90 Å². The van der Waals surface area contributed by atoms with Crippen molar-refractivity contribution in [2.75, 3.05) is 0 Å². The highest BCUT2D eigenvalue weighted by atomic mass is 16.7. The molecule has 2 N–H and O–H groups in total. The number of esters is 1. The van der Waals surface area contributed by atoms with Crippen molar-refractivity contribution < 1.29 is 19.2 Å². The van der Waals surface area contributed by atoms with Gasteiger partial charge in [0.1, 0.15) is 5.60 Å². The first kappa shape index (κ1) is 12.6. The Bertz CT molecular complexity index is 262. The van der Waals surface area contributed by atoms with Gasteiger partial charge in [0.2, 0.25) is 0 Å². The average molecular weight is 201 g/mol. The van der Waals surface area contributed by atoms with Crippen LogP contribution >= 0.6 is 0 Å². The second-order valence-corrected chi connectivity index (χ2v) is 3.77. The second kappa shape index (κ2) is 4.76. The second-order valence-electron chi connectivity index (χ2n) is 3.77. The SMILES string of the molecule is CC(=CC(=O)OC(C)(C)C)C(=O)ON. The van der Waals surface area contributed by atoms with E-state index < -0.39 is 17.5 Å². The topological polar surface area (TPSA) is 78.6 Å². The number of hydrogen-bond donors (Lipinski definition) is 1. The summed E-state index contributed by atoms with van der Waals surface area (Å²) in [4.78, 5) is 25.9. The van der Waals surface area contributed by atoms with Crippen molar-refractivity contribution in [1.29, 1.82) is 0 Å². The first-order valence-corrected chi connectivity index (χ1v) is 4.08. The molecule has 0 aliphatic heterocycles. The van der Waals surface area contributed by atoms with E-state index in [0.29, 0.717) is 0 Å². The molecular formula is C9H15NO4. The van der Waals surface area contributed by atoms with E-state index in [-0.39, 0.29) is 5.57 Å². The molecule has 0 aliphatic rings. The molecular weight excluding hydrogens is 186 g/mol. The van der Waals surface area contributed by atoms with Gasteiger partial charge in [-0.05, 0) is 27.7 Å². The molecule has 80 valence electrons. The Balaban J connectivity index is 4.37. The molecule has 14 heavy (non-hydrogen) atoms. The zero-order chi connectivity index (χ0) is 11.4. The summed E-state index contributed by atoms with van der Waals surface area (Å²) in [5.41, 5.74) is -0.484. The molecule has 5 nitrogen and oxygen atoms in total. The molecule has 0 aromatic carbocycles. The number of ether oxygens (including phenoxy) is 1. The zero-order valence-corrected chi connectivity index (χ0v) is 8.79. The Labute approximate surface area is 82.8 Å². The van der Waals surface area contributed by atoms with Crippen LogP contribution in [0.4, 0.5) is 0 Å². The Hall–Kier alpha value is -1.36. The Morgan fingerprint density at radius 3 is 2.14 bits per heavy atom. The molecule has 0 spiro atoms. The Kier molecular flexibility index (Phi) is 4.30. The van der Waals surface area contributed by atoms with Gasteiger partial charge in [-0.1, -0.05) is 0 Å². The molecule has 0 aliphatic carbocycles. The van der Waals surface area contributed by atoms with Crippen LogP contribution in [0.2, 0.25) is 0 Å². The largest absolute Gasteiger partial charge is 0.457 e. The molecule has 0 aromatic heterocycles. The highest BCUT2D eigenvalue weighted by Crippen LogP contribution is 2.08. The van der Waals surface area contributed by atoms with Crippen LogP contribution in [-0.4, -0.2) is 17.5 Å². The van der Waals surface area contributed by atoms with E-state index in [1.54, 1.807) is 20.8 Å². The number of hydrogen-bond acceptors (Lipinski definition) is 5. The molecule has 0 aromatic rings. The van der Waals surface area contributed by atoms with Crippen molar-refractivity contribution in [3.8, 4) is 0 Å². The molecule has 0 radical (unpaired) electrons. The maximum absolute atomic E-state index is 11.1.